The summed E-state index contributed by atoms with van der Waals surface area (Å²) < 4.78 is 0. The van der Waals surface area contributed by atoms with Crippen molar-refractivity contribution >= 4 is 12.4 Å². The minimum absolute atomic E-state index is 0. The Kier molecular flexibility index (Phi) is 5.22. The first-order valence-electron chi connectivity index (χ1n) is 7.13. The summed E-state index contributed by atoms with van der Waals surface area (Å²) in [6.45, 7) is 2.35. The number of likely N-dealkylation sites (N-methyl/N-ethyl adjacent to an activating group) is 1. The van der Waals surface area contributed by atoms with Gasteiger partial charge in [-0.05, 0) is 37.1 Å². The Bertz CT molecular complexity index is 511. The molecule has 2 aromatic rings. The Labute approximate surface area is 128 Å². The quantitative estimate of drug-likeness (QED) is 0.795. The minimum atomic E-state index is 0. The fraction of sp³-hybridized carbons (Fsp3) is 0.333. The van der Waals surface area contributed by atoms with Crippen molar-refractivity contribution < 1.29 is 0 Å². The zero-order chi connectivity index (χ0) is 13.1. The normalized spacial score (nSPS) is 23.1. The summed E-state index contributed by atoms with van der Waals surface area (Å²) in [5, 5.41) is 0. The van der Waals surface area contributed by atoms with Gasteiger partial charge in [-0.2, -0.15) is 0 Å². The van der Waals surface area contributed by atoms with Crippen LogP contribution >= 0.6 is 12.4 Å². The van der Waals surface area contributed by atoms with Crippen molar-refractivity contribution in [2.45, 2.75) is 18.3 Å². The second-order valence-corrected chi connectivity index (χ2v) is 5.59. The minimum Gasteiger partial charge on any atom is -0.306 e. The zero-order valence-electron chi connectivity index (χ0n) is 11.9. The predicted molar refractivity (Wildman–Crippen MR) is 87.7 cm³/mol. The molecule has 0 N–H and O–H groups in total. The van der Waals surface area contributed by atoms with E-state index >= 15 is 0 Å². The Morgan fingerprint density at radius 1 is 0.800 bits per heavy atom. The van der Waals surface area contributed by atoms with Crippen molar-refractivity contribution in [1.29, 1.82) is 0 Å². The second-order valence-electron chi connectivity index (χ2n) is 5.59. The molecule has 0 aromatic heterocycles. The number of benzene rings is 2. The summed E-state index contributed by atoms with van der Waals surface area (Å²) in [6, 6.07) is 22.0. The molecule has 1 fully saturated rings. The highest BCUT2D eigenvalue weighted by molar-refractivity contribution is 5.85. The highest BCUT2D eigenvalue weighted by Gasteiger charge is 2.29. The van der Waals surface area contributed by atoms with E-state index in [9.17, 15) is 0 Å². The topological polar surface area (TPSA) is 3.24 Å². The number of hydrogen-bond acceptors (Lipinski definition) is 1. The summed E-state index contributed by atoms with van der Waals surface area (Å²) in [7, 11) is 2.23. The van der Waals surface area contributed by atoms with E-state index in [1.807, 2.05) is 0 Å². The van der Waals surface area contributed by atoms with Crippen molar-refractivity contribution in [2.24, 2.45) is 0 Å². The van der Waals surface area contributed by atoms with E-state index in [2.05, 4.69) is 72.6 Å². The Morgan fingerprint density at radius 3 is 1.85 bits per heavy atom. The third-order valence-electron chi connectivity index (χ3n) is 4.27. The van der Waals surface area contributed by atoms with Crippen molar-refractivity contribution in [1.82, 2.24) is 4.90 Å². The van der Waals surface area contributed by atoms with Crippen LogP contribution in [0.1, 0.15) is 29.4 Å². The van der Waals surface area contributed by atoms with Gasteiger partial charge in [0.1, 0.15) is 0 Å². The van der Waals surface area contributed by atoms with Crippen molar-refractivity contribution in [2.75, 3.05) is 20.1 Å². The third kappa shape index (κ3) is 3.23. The van der Waals surface area contributed by atoms with Gasteiger partial charge in [-0.25, -0.2) is 0 Å². The van der Waals surface area contributed by atoms with E-state index in [1.165, 1.54) is 24.1 Å². The molecule has 20 heavy (non-hydrogen) atoms. The van der Waals surface area contributed by atoms with Crippen LogP contribution in [0, 0.1) is 0 Å². The highest BCUT2D eigenvalue weighted by atomic mass is 35.5. The molecule has 2 heteroatoms. The molecule has 1 aliphatic rings. The average molecular weight is 288 g/mol. The number of likely N-dealkylation sites (tertiary alicyclic amines) is 1. The molecule has 1 heterocycles. The van der Waals surface area contributed by atoms with E-state index in [1.54, 1.807) is 0 Å². The van der Waals surface area contributed by atoms with Crippen LogP contribution < -0.4 is 0 Å². The lowest BCUT2D eigenvalue weighted by Crippen LogP contribution is -2.35. The van der Waals surface area contributed by atoms with Gasteiger partial charge in [0, 0.05) is 12.5 Å². The molecule has 2 unspecified atom stereocenters. The molecule has 1 saturated heterocycles. The van der Waals surface area contributed by atoms with Gasteiger partial charge in [-0.3, -0.25) is 0 Å². The van der Waals surface area contributed by atoms with E-state index in [0.717, 1.165) is 6.54 Å². The molecule has 1 nitrogen and oxygen atoms in total. The van der Waals surface area contributed by atoms with Gasteiger partial charge < -0.3 is 4.90 Å². The van der Waals surface area contributed by atoms with E-state index in [0.29, 0.717) is 11.8 Å². The van der Waals surface area contributed by atoms with Gasteiger partial charge in [0.2, 0.25) is 0 Å². The first kappa shape index (κ1) is 15.1. The number of piperidine rings is 1. The maximum atomic E-state index is 2.46. The summed E-state index contributed by atoms with van der Waals surface area (Å²) in [5.74, 6) is 1.27. The molecule has 0 bridgehead atoms. The molecule has 2 aromatic carbocycles. The van der Waals surface area contributed by atoms with Gasteiger partial charge >= 0.3 is 0 Å². The maximum absolute atomic E-state index is 2.46. The molecule has 0 amide bonds. The monoisotopic (exact) mass is 287 g/mol. The van der Waals surface area contributed by atoms with Crippen LogP contribution in [0.5, 0.6) is 0 Å². The molecule has 0 aliphatic carbocycles. The highest BCUT2D eigenvalue weighted by Crippen LogP contribution is 2.38. The molecule has 0 radical (unpaired) electrons. The summed E-state index contributed by atoms with van der Waals surface area (Å²) >= 11 is 0. The molecular formula is C18H22ClN. The van der Waals surface area contributed by atoms with Crippen LogP contribution in [0.15, 0.2) is 60.7 Å². The lowest BCUT2D eigenvalue weighted by molar-refractivity contribution is 0.227. The van der Waals surface area contributed by atoms with E-state index in [-0.39, 0.29) is 12.4 Å². The van der Waals surface area contributed by atoms with Crippen molar-refractivity contribution in [3.63, 3.8) is 0 Å². The second kappa shape index (κ2) is 6.92. The number of halogens is 1. The van der Waals surface area contributed by atoms with Crippen LogP contribution in [-0.4, -0.2) is 25.0 Å². The van der Waals surface area contributed by atoms with Crippen LogP contribution in [0.4, 0.5) is 0 Å². The number of rotatable bonds is 2. The lowest BCUT2D eigenvalue weighted by Gasteiger charge is -2.37. The Morgan fingerprint density at radius 2 is 1.30 bits per heavy atom. The smallest absolute Gasteiger partial charge is 0.00531 e. The molecule has 3 rings (SSSR count). The molecule has 0 saturated carbocycles. The van der Waals surface area contributed by atoms with E-state index < -0.39 is 0 Å². The molecule has 1 aliphatic heterocycles. The van der Waals surface area contributed by atoms with Gasteiger partial charge in [0.05, 0.1) is 0 Å². The largest absolute Gasteiger partial charge is 0.306 e. The van der Waals surface area contributed by atoms with Crippen LogP contribution in [0.25, 0.3) is 0 Å². The average Bonchev–Trinajstić information content (AvgIpc) is 2.49. The van der Waals surface area contributed by atoms with Gasteiger partial charge in [-0.1, -0.05) is 60.7 Å². The maximum Gasteiger partial charge on any atom is 0.00531 e. The van der Waals surface area contributed by atoms with Crippen LogP contribution in [-0.2, 0) is 0 Å². The SMILES string of the molecule is CN1CCC(c2ccccc2)C(c2ccccc2)C1.Cl. The van der Waals surface area contributed by atoms with Crippen molar-refractivity contribution in [3.05, 3.63) is 71.8 Å². The van der Waals surface area contributed by atoms with Gasteiger partial charge in [-0.15, -0.1) is 12.4 Å². The van der Waals surface area contributed by atoms with Crippen LogP contribution in [0.2, 0.25) is 0 Å². The third-order valence-corrected chi connectivity index (χ3v) is 4.27. The first-order valence-corrected chi connectivity index (χ1v) is 7.13. The van der Waals surface area contributed by atoms with Crippen LogP contribution in [0.3, 0.4) is 0 Å². The first-order chi connectivity index (χ1) is 9.34. The molecular weight excluding hydrogens is 266 g/mol. The lowest BCUT2D eigenvalue weighted by atomic mass is 9.77. The summed E-state index contributed by atoms with van der Waals surface area (Å²) in [6.07, 6.45) is 1.25. The molecule has 0 spiro atoms. The summed E-state index contributed by atoms with van der Waals surface area (Å²) in [5.41, 5.74) is 2.97. The predicted octanol–water partition coefficient (Wildman–Crippen LogP) is 4.31. The standard InChI is InChI=1S/C18H21N.ClH/c1-19-13-12-17(15-8-4-2-5-9-15)18(14-19)16-10-6-3-7-11-16;/h2-11,17-18H,12-14H2,1H3;1H. The summed E-state index contributed by atoms with van der Waals surface area (Å²) in [4.78, 5) is 2.46. The fourth-order valence-electron chi connectivity index (χ4n) is 3.25. The van der Waals surface area contributed by atoms with E-state index in [4.69, 9.17) is 0 Å². The molecule has 106 valence electrons. The van der Waals surface area contributed by atoms with Gasteiger partial charge in [0.15, 0.2) is 0 Å². The number of hydrogen-bond donors (Lipinski definition) is 0. The number of nitrogens with zero attached hydrogens (tertiary/aromatic N) is 1. The van der Waals surface area contributed by atoms with Gasteiger partial charge in [0.25, 0.3) is 0 Å². The van der Waals surface area contributed by atoms with Crippen molar-refractivity contribution in [3.8, 4) is 0 Å². The Balaban J connectivity index is 0.00000147. The molecule has 2 atom stereocenters. The zero-order valence-corrected chi connectivity index (χ0v) is 12.7. The fourth-order valence-corrected chi connectivity index (χ4v) is 3.25. The Hall–Kier alpha value is -1.31.